The van der Waals surface area contributed by atoms with E-state index in [4.69, 9.17) is 4.74 Å². The minimum atomic E-state index is -0.952. The number of aliphatic hydroxyl groups excluding tert-OH is 1. The van der Waals surface area contributed by atoms with Crippen molar-refractivity contribution in [1.29, 1.82) is 0 Å². The minimum absolute atomic E-state index is 0.0113. The van der Waals surface area contributed by atoms with Crippen molar-refractivity contribution in [3.8, 4) is 0 Å². The van der Waals surface area contributed by atoms with Crippen LogP contribution in [0.2, 0.25) is 0 Å². The van der Waals surface area contributed by atoms with E-state index in [-0.39, 0.29) is 30.1 Å². The molecule has 2 heterocycles. The highest BCUT2D eigenvalue weighted by Gasteiger charge is 2.26. The zero-order chi connectivity index (χ0) is 19.4. The molecule has 0 saturated carbocycles. The lowest BCUT2D eigenvalue weighted by molar-refractivity contribution is 0.0520. The molecule has 3 aromatic rings. The SMILES string of the molecule is CCOC(=O)c1c(N[C@@H](CO)c2ccccc2)c2cccnc2n(O)c1=O. The number of esters is 1. The lowest BCUT2D eigenvalue weighted by Crippen LogP contribution is -2.30. The third-order valence-electron chi connectivity index (χ3n) is 4.10. The fraction of sp³-hybridized carbons (Fsp3) is 0.211. The van der Waals surface area contributed by atoms with Gasteiger partial charge in [0.25, 0.3) is 0 Å². The van der Waals surface area contributed by atoms with Crippen molar-refractivity contribution in [2.75, 3.05) is 18.5 Å². The third kappa shape index (κ3) is 3.47. The Morgan fingerprint density at radius 1 is 1.26 bits per heavy atom. The Bertz CT molecular complexity index is 1020. The molecule has 0 aliphatic carbocycles. The molecule has 0 unspecified atom stereocenters. The van der Waals surface area contributed by atoms with Crippen molar-refractivity contribution in [3.05, 3.63) is 70.1 Å². The summed E-state index contributed by atoms with van der Waals surface area (Å²) in [6, 6.07) is 11.7. The summed E-state index contributed by atoms with van der Waals surface area (Å²) in [5, 5.41) is 23.4. The van der Waals surface area contributed by atoms with Crippen LogP contribution in [0.4, 0.5) is 5.69 Å². The van der Waals surface area contributed by atoms with Crippen molar-refractivity contribution in [2.45, 2.75) is 13.0 Å². The summed E-state index contributed by atoms with van der Waals surface area (Å²) in [4.78, 5) is 29.0. The number of nitrogens with one attached hydrogen (secondary N) is 1. The highest BCUT2D eigenvalue weighted by Crippen LogP contribution is 2.28. The van der Waals surface area contributed by atoms with Gasteiger partial charge in [0.1, 0.15) is 0 Å². The van der Waals surface area contributed by atoms with Gasteiger partial charge in [-0.3, -0.25) is 4.79 Å². The van der Waals surface area contributed by atoms with E-state index >= 15 is 0 Å². The van der Waals surface area contributed by atoms with Crippen LogP contribution in [0.25, 0.3) is 11.0 Å². The molecule has 0 spiro atoms. The molecule has 8 heteroatoms. The minimum Gasteiger partial charge on any atom is -0.462 e. The lowest BCUT2D eigenvalue weighted by Gasteiger charge is -2.21. The van der Waals surface area contributed by atoms with Crippen molar-refractivity contribution >= 4 is 22.7 Å². The number of fused-ring (bicyclic) bond motifs is 1. The van der Waals surface area contributed by atoms with Gasteiger partial charge in [-0.15, -0.1) is 4.73 Å². The maximum atomic E-state index is 12.6. The molecule has 140 valence electrons. The number of pyridine rings is 2. The molecule has 2 aromatic heterocycles. The Labute approximate surface area is 154 Å². The quantitative estimate of drug-likeness (QED) is 0.449. The van der Waals surface area contributed by atoms with Gasteiger partial charge in [-0.2, -0.15) is 0 Å². The largest absolute Gasteiger partial charge is 0.462 e. The van der Waals surface area contributed by atoms with E-state index in [9.17, 15) is 19.9 Å². The Balaban J connectivity index is 2.23. The zero-order valence-corrected chi connectivity index (χ0v) is 14.6. The van der Waals surface area contributed by atoms with E-state index in [0.717, 1.165) is 5.56 Å². The molecule has 8 nitrogen and oxygen atoms in total. The van der Waals surface area contributed by atoms with Crippen molar-refractivity contribution < 1.29 is 19.8 Å². The summed E-state index contributed by atoms with van der Waals surface area (Å²) >= 11 is 0. The monoisotopic (exact) mass is 369 g/mol. The lowest BCUT2D eigenvalue weighted by atomic mass is 10.1. The molecule has 1 aromatic carbocycles. The second-order valence-corrected chi connectivity index (χ2v) is 5.75. The normalized spacial score (nSPS) is 11.9. The van der Waals surface area contributed by atoms with Gasteiger partial charge in [0.05, 0.1) is 24.9 Å². The fourth-order valence-electron chi connectivity index (χ4n) is 2.84. The number of benzene rings is 1. The van der Waals surface area contributed by atoms with Crippen molar-refractivity contribution in [3.63, 3.8) is 0 Å². The molecule has 1 atom stereocenters. The number of ether oxygens (including phenoxy) is 1. The van der Waals surface area contributed by atoms with Gasteiger partial charge in [0.15, 0.2) is 11.2 Å². The van der Waals surface area contributed by atoms with Crippen LogP contribution in [0.5, 0.6) is 0 Å². The van der Waals surface area contributed by atoms with Crippen LogP contribution < -0.4 is 10.9 Å². The number of hydrogen-bond acceptors (Lipinski definition) is 7. The number of rotatable bonds is 6. The predicted molar refractivity (Wildman–Crippen MR) is 99.0 cm³/mol. The van der Waals surface area contributed by atoms with Crippen LogP contribution >= 0.6 is 0 Å². The molecule has 27 heavy (non-hydrogen) atoms. The van der Waals surface area contributed by atoms with E-state index < -0.39 is 17.6 Å². The van der Waals surface area contributed by atoms with Crippen LogP contribution in [-0.2, 0) is 4.74 Å². The molecule has 0 aliphatic heterocycles. The van der Waals surface area contributed by atoms with Crippen molar-refractivity contribution in [2.24, 2.45) is 0 Å². The Kier molecular flexibility index (Phi) is 5.37. The van der Waals surface area contributed by atoms with E-state index in [0.29, 0.717) is 10.1 Å². The first kappa shape index (κ1) is 18.4. The number of anilines is 1. The summed E-state index contributed by atoms with van der Waals surface area (Å²) in [6.45, 7) is 1.40. The van der Waals surface area contributed by atoms with E-state index in [1.807, 2.05) is 30.3 Å². The number of carbonyl (C=O) groups is 1. The molecule has 0 fully saturated rings. The van der Waals surface area contributed by atoms with Crippen molar-refractivity contribution in [1.82, 2.24) is 9.71 Å². The molecule has 0 saturated heterocycles. The first-order valence-electron chi connectivity index (χ1n) is 8.41. The molecule has 0 aliphatic rings. The Morgan fingerprint density at radius 3 is 2.67 bits per heavy atom. The standard InChI is InChI=1S/C19H19N3O5/c1-2-27-19(25)15-16(21-14(11-23)12-7-4-3-5-8-12)13-9-6-10-20-17(13)22(26)18(15)24/h3-10,14,21,23,26H,2,11H2,1H3/t14-/m0/s1. The van der Waals surface area contributed by atoms with Crippen LogP contribution in [0.1, 0.15) is 28.9 Å². The fourth-order valence-corrected chi connectivity index (χ4v) is 2.84. The first-order chi connectivity index (χ1) is 13.1. The van der Waals surface area contributed by atoms with Gasteiger partial charge in [-0.05, 0) is 24.6 Å². The maximum absolute atomic E-state index is 12.6. The summed E-state index contributed by atoms with van der Waals surface area (Å²) in [5.74, 6) is -0.872. The molecule has 0 bridgehead atoms. The van der Waals surface area contributed by atoms with E-state index in [1.54, 1.807) is 19.1 Å². The number of hydrogen-bond donors (Lipinski definition) is 3. The Hall–Kier alpha value is -3.39. The third-order valence-corrected chi connectivity index (χ3v) is 4.10. The molecule has 0 radical (unpaired) electrons. The highest BCUT2D eigenvalue weighted by molar-refractivity contribution is 6.04. The summed E-state index contributed by atoms with van der Waals surface area (Å²) < 4.78 is 5.31. The number of aromatic nitrogens is 2. The summed E-state index contributed by atoms with van der Waals surface area (Å²) in [5.41, 5.74) is -0.404. The van der Waals surface area contributed by atoms with Crippen LogP contribution in [0, 0.1) is 0 Å². The predicted octanol–water partition coefficient (Wildman–Crippen LogP) is 1.96. The zero-order valence-electron chi connectivity index (χ0n) is 14.6. The topological polar surface area (TPSA) is 114 Å². The average Bonchev–Trinajstić information content (AvgIpc) is 2.70. The molecular weight excluding hydrogens is 350 g/mol. The van der Waals surface area contributed by atoms with Gasteiger partial charge in [-0.25, -0.2) is 9.78 Å². The molecule has 3 N–H and O–H groups in total. The Morgan fingerprint density at radius 2 is 2.00 bits per heavy atom. The van der Waals surface area contributed by atoms with E-state index in [1.165, 1.54) is 6.20 Å². The van der Waals surface area contributed by atoms with E-state index in [2.05, 4.69) is 10.3 Å². The number of nitrogens with zero attached hydrogens (tertiary/aromatic N) is 2. The second-order valence-electron chi connectivity index (χ2n) is 5.75. The summed E-state index contributed by atoms with van der Waals surface area (Å²) in [7, 11) is 0. The van der Waals surface area contributed by atoms with Crippen LogP contribution in [-0.4, -0.2) is 39.2 Å². The number of aliphatic hydroxyl groups is 1. The van der Waals surface area contributed by atoms with Gasteiger partial charge < -0.3 is 20.4 Å². The van der Waals surface area contributed by atoms with Gasteiger partial charge >= 0.3 is 11.5 Å². The van der Waals surface area contributed by atoms with Crippen LogP contribution in [0.15, 0.2) is 53.5 Å². The van der Waals surface area contributed by atoms with Gasteiger partial charge in [0.2, 0.25) is 0 Å². The summed E-state index contributed by atoms with van der Waals surface area (Å²) in [6.07, 6.45) is 1.42. The van der Waals surface area contributed by atoms with Gasteiger partial charge in [-0.1, -0.05) is 30.3 Å². The smallest absolute Gasteiger partial charge is 0.346 e. The number of carbonyl (C=O) groups excluding carboxylic acids is 1. The average molecular weight is 369 g/mol. The maximum Gasteiger partial charge on any atom is 0.346 e. The van der Waals surface area contributed by atoms with Gasteiger partial charge in [0, 0.05) is 11.6 Å². The molecule has 0 amide bonds. The van der Waals surface area contributed by atoms with Crippen LogP contribution in [0.3, 0.4) is 0 Å². The molecule has 3 rings (SSSR count). The first-order valence-corrected chi connectivity index (χ1v) is 8.41. The second kappa shape index (κ2) is 7.88. The highest BCUT2D eigenvalue weighted by atomic mass is 16.5. The molecular formula is C19H19N3O5.